The van der Waals surface area contributed by atoms with E-state index in [1.54, 1.807) is 18.3 Å². The summed E-state index contributed by atoms with van der Waals surface area (Å²) in [6, 6.07) is 3.37. The lowest BCUT2D eigenvalue weighted by Gasteiger charge is -2.13. The lowest BCUT2D eigenvalue weighted by Crippen LogP contribution is -2.24. The van der Waals surface area contributed by atoms with Crippen LogP contribution >= 0.6 is 0 Å². The van der Waals surface area contributed by atoms with Crippen molar-refractivity contribution < 1.29 is 14.0 Å². The van der Waals surface area contributed by atoms with Gasteiger partial charge in [0.1, 0.15) is 5.76 Å². The van der Waals surface area contributed by atoms with Crippen LogP contribution in [0.5, 0.6) is 0 Å². The molecule has 2 aromatic heterocycles. The van der Waals surface area contributed by atoms with Crippen LogP contribution in [0.3, 0.4) is 0 Å². The SMILES string of the molecule is CCCNC(=O)c1oc2c(c1C)/C(=N/NC(=O)c1cccnc1)CCC2. The third-order valence-electron chi connectivity index (χ3n) is 4.28. The molecule has 0 aliphatic heterocycles. The molecule has 1 aliphatic carbocycles. The molecule has 0 fully saturated rings. The summed E-state index contributed by atoms with van der Waals surface area (Å²) in [4.78, 5) is 28.4. The number of amides is 2. The quantitative estimate of drug-likeness (QED) is 0.807. The van der Waals surface area contributed by atoms with Crippen LogP contribution in [-0.4, -0.2) is 29.1 Å². The van der Waals surface area contributed by atoms with E-state index >= 15 is 0 Å². The van der Waals surface area contributed by atoms with Crippen LogP contribution in [0, 0.1) is 6.92 Å². The third-order valence-corrected chi connectivity index (χ3v) is 4.28. The van der Waals surface area contributed by atoms with Crippen LogP contribution in [-0.2, 0) is 6.42 Å². The van der Waals surface area contributed by atoms with Gasteiger partial charge in [0.2, 0.25) is 0 Å². The first kappa shape index (κ1) is 17.8. The van der Waals surface area contributed by atoms with Crippen LogP contribution in [0.15, 0.2) is 34.0 Å². The van der Waals surface area contributed by atoms with Crippen molar-refractivity contribution in [2.24, 2.45) is 5.10 Å². The summed E-state index contributed by atoms with van der Waals surface area (Å²) < 4.78 is 5.80. The van der Waals surface area contributed by atoms with Crippen LogP contribution in [0.25, 0.3) is 0 Å². The van der Waals surface area contributed by atoms with Gasteiger partial charge in [0.15, 0.2) is 5.76 Å². The molecule has 2 N–H and O–H groups in total. The Morgan fingerprint density at radius 3 is 2.88 bits per heavy atom. The second-order valence-corrected chi connectivity index (χ2v) is 6.20. The molecule has 2 amide bonds. The molecular formula is C19H22N4O3. The number of pyridine rings is 1. The highest BCUT2D eigenvalue weighted by molar-refractivity contribution is 6.07. The summed E-state index contributed by atoms with van der Waals surface area (Å²) in [5.41, 5.74) is 5.36. The molecule has 2 heterocycles. The molecule has 0 aromatic carbocycles. The Balaban J connectivity index is 1.83. The average Bonchev–Trinajstić information content (AvgIpc) is 3.02. The van der Waals surface area contributed by atoms with E-state index in [1.165, 1.54) is 6.20 Å². The number of nitrogens with zero attached hydrogens (tertiary/aromatic N) is 2. The number of carbonyl (C=O) groups is 2. The van der Waals surface area contributed by atoms with Gasteiger partial charge in [-0.15, -0.1) is 0 Å². The maximum atomic E-state index is 12.3. The summed E-state index contributed by atoms with van der Waals surface area (Å²) in [5, 5.41) is 7.13. The van der Waals surface area contributed by atoms with Crippen LogP contribution in [0.1, 0.15) is 64.0 Å². The van der Waals surface area contributed by atoms with Crippen LogP contribution in [0.2, 0.25) is 0 Å². The molecule has 136 valence electrons. The maximum Gasteiger partial charge on any atom is 0.287 e. The Bertz CT molecular complexity index is 840. The average molecular weight is 354 g/mol. The summed E-state index contributed by atoms with van der Waals surface area (Å²) >= 11 is 0. The highest BCUT2D eigenvalue weighted by atomic mass is 16.4. The number of rotatable bonds is 5. The Labute approximate surface area is 151 Å². The van der Waals surface area contributed by atoms with E-state index in [-0.39, 0.29) is 11.8 Å². The molecule has 26 heavy (non-hydrogen) atoms. The number of hydrogen-bond acceptors (Lipinski definition) is 5. The number of carbonyl (C=O) groups excluding carboxylic acids is 2. The fourth-order valence-electron chi connectivity index (χ4n) is 3.00. The van der Waals surface area contributed by atoms with Gasteiger partial charge in [-0.1, -0.05) is 6.92 Å². The molecule has 3 rings (SSSR count). The van der Waals surface area contributed by atoms with Crippen molar-refractivity contribution in [2.75, 3.05) is 6.54 Å². The molecule has 1 aliphatic rings. The number of fused-ring (bicyclic) bond motifs is 1. The van der Waals surface area contributed by atoms with Gasteiger partial charge in [0.25, 0.3) is 11.8 Å². The van der Waals surface area contributed by atoms with E-state index in [9.17, 15) is 9.59 Å². The van der Waals surface area contributed by atoms with Crippen molar-refractivity contribution in [3.63, 3.8) is 0 Å². The van der Waals surface area contributed by atoms with Gasteiger partial charge in [-0.3, -0.25) is 14.6 Å². The molecule has 0 bridgehead atoms. The summed E-state index contributed by atoms with van der Waals surface area (Å²) in [6.45, 7) is 4.45. The Morgan fingerprint density at radius 1 is 1.31 bits per heavy atom. The zero-order valence-corrected chi connectivity index (χ0v) is 15.0. The number of aromatic nitrogens is 1. The molecule has 0 saturated carbocycles. The van der Waals surface area contributed by atoms with Crippen LogP contribution < -0.4 is 10.7 Å². The smallest absolute Gasteiger partial charge is 0.287 e. The first-order valence-corrected chi connectivity index (χ1v) is 8.79. The Kier molecular flexibility index (Phi) is 5.46. The standard InChI is InChI=1S/C19H22N4O3/c1-3-9-21-19(25)17-12(2)16-14(7-4-8-15(16)26-17)22-23-18(24)13-6-5-10-20-11-13/h5-6,10-11H,3-4,7-9H2,1-2H3,(H,21,25)(H,23,24)/b22-14+. The largest absolute Gasteiger partial charge is 0.455 e. The van der Waals surface area contributed by atoms with Gasteiger partial charge >= 0.3 is 0 Å². The summed E-state index contributed by atoms with van der Waals surface area (Å²) in [5.74, 6) is 0.554. The molecule has 0 saturated heterocycles. The van der Waals surface area contributed by atoms with E-state index < -0.39 is 0 Å². The predicted molar refractivity (Wildman–Crippen MR) is 97.2 cm³/mol. The molecular weight excluding hydrogens is 332 g/mol. The minimum Gasteiger partial charge on any atom is -0.455 e. The second kappa shape index (κ2) is 7.95. The van der Waals surface area contributed by atoms with E-state index in [0.29, 0.717) is 17.9 Å². The number of nitrogens with one attached hydrogen (secondary N) is 2. The number of hydrogen-bond donors (Lipinski definition) is 2. The van der Waals surface area contributed by atoms with E-state index in [2.05, 4.69) is 20.8 Å². The molecule has 0 atom stereocenters. The first-order valence-electron chi connectivity index (χ1n) is 8.79. The minimum atomic E-state index is -0.320. The Hall–Kier alpha value is -2.96. The number of hydrazone groups is 1. The van der Waals surface area contributed by atoms with Crippen molar-refractivity contribution in [1.82, 2.24) is 15.7 Å². The zero-order valence-electron chi connectivity index (χ0n) is 15.0. The van der Waals surface area contributed by atoms with Gasteiger partial charge in [0, 0.05) is 36.5 Å². The topological polar surface area (TPSA) is 96.6 Å². The van der Waals surface area contributed by atoms with E-state index in [4.69, 9.17) is 4.42 Å². The fraction of sp³-hybridized carbons (Fsp3) is 0.368. The highest BCUT2D eigenvalue weighted by Crippen LogP contribution is 2.29. The monoisotopic (exact) mass is 354 g/mol. The fourth-order valence-corrected chi connectivity index (χ4v) is 3.00. The molecule has 7 heteroatoms. The van der Waals surface area contributed by atoms with Crippen molar-refractivity contribution in [2.45, 2.75) is 39.5 Å². The predicted octanol–water partition coefficient (Wildman–Crippen LogP) is 2.59. The van der Waals surface area contributed by atoms with E-state index in [1.807, 2.05) is 13.8 Å². The van der Waals surface area contributed by atoms with Gasteiger partial charge < -0.3 is 9.73 Å². The lowest BCUT2D eigenvalue weighted by atomic mass is 9.93. The Morgan fingerprint density at radius 2 is 2.15 bits per heavy atom. The first-order chi connectivity index (χ1) is 12.6. The summed E-state index contributed by atoms with van der Waals surface area (Å²) in [7, 11) is 0. The molecule has 0 radical (unpaired) electrons. The minimum absolute atomic E-state index is 0.211. The van der Waals surface area contributed by atoms with Gasteiger partial charge in [0.05, 0.1) is 11.3 Å². The van der Waals surface area contributed by atoms with Gasteiger partial charge in [-0.25, -0.2) is 5.43 Å². The van der Waals surface area contributed by atoms with E-state index in [0.717, 1.165) is 48.3 Å². The number of furan rings is 1. The van der Waals surface area contributed by atoms with Crippen molar-refractivity contribution >= 4 is 17.5 Å². The molecule has 2 aromatic rings. The highest BCUT2D eigenvalue weighted by Gasteiger charge is 2.27. The van der Waals surface area contributed by atoms with Crippen LogP contribution in [0.4, 0.5) is 0 Å². The molecule has 0 unspecified atom stereocenters. The van der Waals surface area contributed by atoms with Crippen molar-refractivity contribution in [1.29, 1.82) is 0 Å². The van der Waals surface area contributed by atoms with Gasteiger partial charge in [-0.2, -0.15) is 5.10 Å². The van der Waals surface area contributed by atoms with Gasteiger partial charge in [-0.05, 0) is 38.3 Å². The maximum absolute atomic E-state index is 12.3. The van der Waals surface area contributed by atoms with Crippen molar-refractivity contribution in [3.8, 4) is 0 Å². The van der Waals surface area contributed by atoms with Crippen molar-refractivity contribution in [3.05, 3.63) is 52.7 Å². The second-order valence-electron chi connectivity index (χ2n) is 6.20. The summed E-state index contributed by atoms with van der Waals surface area (Å²) in [6.07, 6.45) is 6.29. The number of aryl methyl sites for hydroxylation is 1. The molecule has 0 spiro atoms. The third kappa shape index (κ3) is 3.66. The molecule has 7 nitrogen and oxygen atoms in total. The zero-order chi connectivity index (χ0) is 18.5. The lowest BCUT2D eigenvalue weighted by molar-refractivity contribution is 0.0921. The normalized spacial score (nSPS) is 14.8.